The topological polar surface area (TPSA) is 76.5 Å². The number of nitrogens with zero attached hydrogens (tertiary/aromatic N) is 4. The third-order valence-corrected chi connectivity index (χ3v) is 4.65. The first-order chi connectivity index (χ1) is 10.5. The second-order valence-corrected chi connectivity index (χ2v) is 6.22. The van der Waals surface area contributed by atoms with E-state index in [0.717, 1.165) is 58.9 Å². The smallest absolute Gasteiger partial charge is 0.219 e. The monoisotopic (exact) mass is 297 g/mol. The zero-order valence-electron chi connectivity index (χ0n) is 12.7. The summed E-state index contributed by atoms with van der Waals surface area (Å²) in [6.07, 6.45) is 1.56. The highest BCUT2D eigenvalue weighted by atomic mass is 16.2. The molecule has 1 aromatic rings. The standard InChI is InChI=1S/C16H19N5O/c1-9-5-11-13(17)6-18-15(11)16-12-8-20(10(2)22)4-3-14(12)19-21(16)7-9/h1,3-8,17H2,2H3. The van der Waals surface area contributed by atoms with E-state index in [9.17, 15) is 4.79 Å². The first-order valence-corrected chi connectivity index (χ1v) is 7.58. The van der Waals surface area contributed by atoms with Gasteiger partial charge in [-0.1, -0.05) is 12.2 Å². The van der Waals surface area contributed by atoms with Crippen LogP contribution in [0.4, 0.5) is 0 Å². The number of allylic oxidation sites excluding steroid dienone is 2. The lowest BCUT2D eigenvalue weighted by Gasteiger charge is -2.25. The van der Waals surface area contributed by atoms with Crippen molar-refractivity contribution in [1.82, 2.24) is 14.7 Å². The third kappa shape index (κ3) is 1.83. The number of fused-ring (bicyclic) bond motifs is 5. The normalized spacial score (nSPS) is 20.3. The van der Waals surface area contributed by atoms with Crippen LogP contribution in [-0.2, 0) is 24.3 Å². The van der Waals surface area contributed by atoms with E-state index in [0.29, 0.717) is 19.6 Å². The summed E-state index contributed by atoms with van der Waals surface area (Å²) in [7, 11) is 0. The van der Waals surface area contributed by atoms with Crippen LogP contribution < -0.4 is 5.73 Å². The number of hydrogen-bond acceptors (Lipinski definition) is 4. The van der Waals surface area contributed by atoms with Gasteiger partial charge in [-0.3, -0.25) is 14.5 Å². The van der Waals surface area contributed by atoms with Gasteiger partial charge in [-0.25, -0.2) is 0 Å². The van der Waals surface area contributed by atoms with E-state index in [1.807, 2.05) is 9.58 Å². The highest BCUT2D eigenvalue weighted by Crippen LogP contribution is 2.33. The fraction of sp³-hybridized carbons (Fsp3) is 0.438. The van der Waals surface area contributed by atoms with E-state index in [-0.39, 0.29) is 5.91 Å². The predicted octanol–water partition coefficient (Wildman–Crippen LogP) is 0.763. The van der Waals surface area contributed by atoms with Crippen molar-refractivity contribution in [3.8, 4) is 0 Å². The molecule has 2 N–H and O–H groups in total. The zero-order chi connectivity index (χ0) is 15.4. The Morgan fingerprint density at radius 1 is 1.36 bits per heavy atom. The maximum absolute atomic E-state index is 11.7. The Bertz CT molecular complexity index is 768. The highest BCUT2D eigenvalue weighted by molar-refractivity contribution is 6.15. The number of aromatic nitrogens is 2. The predicted molar refractivity (Wildman–Crippen MR) is 83.4 cm³/mol. The van der Waals surface area contributed by atoms with E-state index in [1.165, 1.54) is 0 Å². The van der Waals surface area contributed by atoms with Crippen LogP contribution in [-0.4, -0.2) is 39.4 Å². The molecule has 4 heterocycles. The van der Waals surface area contributed by atoms with Crippen molar-refractivity contribution >= 4 is 11.6 Å². The summed E-state index contributed by atoms with van der Waals surface area (Å²) in [5, 5.41) is 4.75. The summed E-state index contributed by atoms with van der Waals surface area (Å²) in [4.78, 5) is 18.2. The van der Waals surface area contributed by atoms with E-state index in [4.69, 9.17) is 10.8 Å². The van der Waals surface area contributed by atoms with Gasteiger partial charge in [0.05, 0.1) is 30.2 Å². The molecule has 0 aromatic carbocycles. The van der Waals surface area contributed by atoms with Crippen molar-refractivity contribution < 1.29 is 4.79 Å². The summed E-state index contributed by atoms with van der Waals surface area (Å²) in [5.74, 6) is 0.104. The molecule has 0 saturated heterocycles. The summed E-state index contributed by atoms with van der Waals surface area (Å²) < 4.78 is 2.00. The molecule has 0 fully saturated rings. The fourth-order valence-corrected chi connectivity index (χ4v) is 3.51. The van der Waals surface area contributed by atoms with Crippen LogP contribution >= 0.6 is 0 Å². The van der Waals surface area contributed by atoms with Crippen molar-refractivity contribution in [3.63, 3.8) is 0 Å². The Hall–Kier alpha value is -2.37. The van der Waals surface area contributed by atoms with Gasteiger partial charge in [-0.15, -0.1) is 0 Å². The molecule has 0 radical (unpaired) electrons. The van der Waals surface area contributed by atoms with Crippen molar-refractivity contribution in [1.29, 1.82) is 0 Å². The van der Waals surface area contributed by atoms with Crippen molar-refractivity contribution in [2.24, 2.45) is 10.7 Å². The van der Waals surface area contributed by atoms with Crippen LogP contribution in [0.1, 0.15) is 30.3 Å². The van der Waals surface area contributed by atoms with Crippen LogP contribution in [0, 0.1) is 0 Å². The molecule has 1 aromatic heterocycles. The van der Waals surface area contributed by atoms with Gasteiger partial charge in [0.2, 0.25) is 5.91 Å². The summed E-state index contributed by atoms with van der Waals surface area (Å²) in [6.45, 7) is 8.35. The Labute approximate surface area is 129 Å². The molecule has 114 valence electrons. The molecule has 22 heavy (non-hydrogen) atoms. The third-order valence-electron chi connectivity index (χ3n) is 4.65. The molecule has 0 saturated carbocycles. The second kappa shape index (κ2) is 4.56. The quantitative estimate of drug-likeness (QED) is 0.718. The highest BCUT2D eigenvalue weighted by Gasteiger charge is 2.33. The molecule has 0 bridgehead atoms. The maximum Gasteiger partial charge on any atom is 0.219 e. The molecule has 0 atom stereocenters. The number of aliphatic imine (C=N–C) groups is 1. The minimum absolute atomic E-state index is 0.104. The summed E-state index contributed by atoms with van der Waals surface area (Å²) in [6, 6.07) is 0. The van der Waals surface area contributed by atoms with Gasteiger partial charge in [0, 0.05) is 43.3 Å². The lowest BCUT2D eigenvalue weighted by molar-refractivity contribution is -0.129. The minimum atomic E-state index is 0.104. The van der Waals surface area contributed by atoms with Crippen LogP contribution in [0.5, 0.6) is 0 Å². The van der Waals surface area contributed by atoms with E-state index in [2.05, 4.69) is 11.6 Å². The second-order valence-electron chi connectivity index (χ2n) is 6.22. The summed E-state index contributed by atoms with van der Waals surface area (Å²) >= 11 is 0. The minimum Gasteiger partial charge on any atom is -0.400 e. The fourth-order valence-electron chi connectivity index (χ4n) is 3.51. The molecule has 0 unspecified atom stereocenters. The lowest BCUT2D eigenvalue weighted by Crippen LogP contribution is -2.34. The van der Waals surface area contributed by atoms with Crippen LogP contribution in [0.15, 0.2) is 28.4 Å². The van der Waals surface area contributed by atoms with Crippen molar-refractivity contribution in [2.45, 2.75) is 32.9 Å². The van der Waals surface area contributed by atoms with Crippen LogP contribution in [0.25, 0.3) is 0 Å². The number of carbonyl (C=O) groups excluding carboxylic acids is 1. The largest absolute Gasteiger partial charge is 0.400 e. The number of hydrogen-bond donors (Lipinski definition) is 1. The van der Waals surface area contributed by atoms with Crippen LogP contribution in [0.3, 0.4) is 0 Å². The molecular formula is C16H19N5O. The van der Waals surface area contributed by atoms with Gasteiger partial charge in [-0.2, -0.15) is 5.10 Å². The molecule has 3 aliphatic rings. The van der Waals surface area contributed by atoms with E-state index < -0.39 is 0 Å². The molecule has 6 heteroatoms. The lowest BCUT2D eigenvalue weighted by atomic mass is 9.97. The Morgan fingerprint density at radius 3 is 2.95 bits per heavy atom. The molecule has 1 amide bonds. The van der Waals surface area contributed by atoms with Gasteiger partial charge in [0.25, 0.3) is 0 Å². The Kier molecular flexibility index (Phi) is 2.76. The van der Waals surface area contributed by atoms with Gasteiger partial charge < -0.3 is 10.6 Å². The molecular weight excluding hydrogens is 278 g/mol. The first kappa shape index (κ1) is 13.3. The van der Waals surface area contributed by atoms with Gasteiger partial charge in [0.15, 0.2) is 0 Å². The van der Waals surface area contributed by atoms with Crippen molar-refractivity contribution in [2.75, 3.05) is 13.1 Å². The average Bonchev–Trinajstić information content (AvgIpc) is 2.95. The van der Waals surface area contributed by atoms with Gasteiger partial charge in [0.1, 0.15) is 0 Å². The Balaban J connectivity index is 1.87. The number of amides is 1. The molecule has 6 nitrogen and oxygen atoms in total. The van der Waals surface area contributed by atoms with Gasteiger partial charge in [-0.05, 0) is 6.42 Å². The SMILES string of the molecule is C=C1CC2=C(N)CN=C2c2c3c(nn2C1)CCN(C(C)=O)C3. The number of rotatable bonds is 0. The molecule has 4 rings (SSSR count). The first-order valence-electron chi connectivity index (χ1n) is 7.58. The Morgan fingerprint density at radius 2 is 2.18 bits per heavy atom. The molecule has 0 aliphatic carbocycles. The molecule has 0 spiro atoms. The maximum atomic E-state index is 11.7. The molecule has 3 aliphatic heterocycles. The van der Waals surface area contributed by atoms with E-state index >= 15 is 0 Å². The average molecular weight is 297 g/mol. The summed E-state index contributed by atoms with van der Waals surface area (Å²) in [5.41, 5.74) is 13.3. The number of carbonyl (C=O) groups is 1. The van der Waals surface area contributed by atoms with Gasteiger partial charge >= 0.3 is 0 Å². The van der Waals surface area contributed by atoms with Crippen LogP contribution in [0.2, 0.25) is 0 Å². The number of nitrogens with two attached hydrogens (primary N) is 1. The van der Waals surface area contributed by atoms with E-state index in [1.54, 1.807) is 6.92 Å². The van der Waals surface area contributed by atoms with Crippen molar-refractivity contribution in [3.05, 3.63) is 40.4 Å². The zero-order valence-corrected chi connectivity index (χ0v) is 12.7.